The number of nitrogens with one attached hydrogen (secondary N) is 1. The summed E-state index contributed by atoms with van der Waals surface area (Å²) in [5.41, 5.74) is 8.24. The maximum absolute atomic E-state index is 12.2. The molecular formula is C16H19N3O2. The van der Waals surface area contributed by atoms with E-state index in [4.69, 9.17) is 5.73 Å². The molecule has 1 amide bonds. The minimum absolute atomic E-state index is 0.0744. The van der Waals surface area contributed by atoms with Crippen molar-refractivity contribution in [1.29, 1.82) is 0 Å². The SMILES string of the molecule is CCCn1cc(NC(=O)c2cc(C)cc(N)c2)ccc1=O. The van der Waals surface area contributed by atoms with Gasteiger partial charge < -0.3 is 15.6 Å². The molecule has 0 saturated heterocycles. The molecule has 1 aromatic carbocycles. The zero-order valence-electron chi connectivity index (χ0n) is 12.2. The highest BCUT2D eigenvalue weighted by atomic mass is 16.1. The molecule has 0 fully saturated rings. The summed E-state index contributed by atoms with van der Waals surface area (Å²) in [7, 11) is 0. The van der Waals surface area contributed by atoms with Crippen LogP contribution in [0.5, 0.6) is 0 Å². The number of nitrogens with zero attached hydrogens (tertiary/aromatic N) is 1. The molecule has 0 aliphatic rings. The number of rotatable bonds is 4. The largest absolute Gasteiger partial charge is 0.399 e. The Kier molecular flexibility index (Phi) is 4.42. The smallest absolute Gasteiger partial charge is 0.255 e. The van der Waals surface area contributed by atoms with Gasteiger partial charge in [-0.1, -0.05) is 6.92 Å². The van der Waals surface area contributed by atoms with E-state index in [9.17, 15) is 9.59 Å². The number of anilines is 2. The lowest BCUT2D eigenvalue weighted by molar-refractivity contribution is 0.102. The number of aryl methyl sites for hydroxylation is 2. The molecule has 5 nitrogen and oxygen atoms in total. The topological polar surface area (TPSA) is 77.1 Å². The predicted octanol–water partition coefficient (Wildman–Crippen LogP) is 2.40. The number of carbonyl (C=O) groups is 1. The number of amides is 1. The Balaban J connectivity index is 2.23. The Morgan fingerprint density at radius 3 is 2.71 bits per heavy atom. The Morgan fingerprint density at radius 1 is 1.29 bits per heavy atom. The third kappa shape index (κ3) is 3.72. The highest BCUT2D eigenvalue weighted by Crippen LogP contribution is 2.13. The van der Waals surface area contributed by atoms with Crippen LogP contribution in [-0.4, -0.2) is 10.5 Å². The van der Waals surface area contributed by atoms with Crippen molar-refractivity contribution in [3.05, 3.63) is 58.0 Å². The monoisotopic (exact) mass is 285 g/mol. The molecule has 0 aliphatic heterocycles. The first kappa shape index (κ1) is 14.8. The van der Waals surface area contributed by atoms with Crippen molar-refractivity contribution < 1.29 is 4.79 Å². The number of carbonyl (C=O) groups excluding carboxylic acids is 1. The van der Waals surface area contributed by atoms with Gasteiger partial charge in [-0.15, -0.1) is 0 Å². The van der Waals surface area contributed by atoms with Crippen LogP contribution in [0.3, 0.4) is 0 Å². The van der Waals surface area contributed by atoms with E-state index >= 15 is 0 Å². The summed E-state index contributed by atoms with van der Waals surface area (Å²) >= 11 is 0. The van der Waals surface area contributed by atoms with E-state index in [0.717, 1.165) is 12.0 Å². The van der Waals surface area contributed by atoms with E-state index < -0.39 is 0 Å². The molecule has 0 radical (unpaired) electrons. The molecule has 0 saturated carbocycles. The highest BCUT2D eigenvalue weighted by Gasteiger charge is 2.08. The van der Waals surface area contributed by atoms with Crippen LogP contribution in [0.4, 0.5) is 11.4 Å². The van der Waals surface area contributed by atoms with Gasteiger partial charge in [0, 0.05) is 30.1 Å². The summed E-state index contributed by atoms with van der Waals surface area (Å²) in [5.74, 6) is -0.243. The Labute approximate surface area is 123 Å². The molecule has 21 heavy (non-hydrogen) atoms. The van der Waals surface area contributed by atoms with Crippen molar-refractivity contribution in [2.24, 2.45) is 0 Å². The van der Waals surface area contributed by atoms with Crippen LogP contribution in [0.25, 0.3) is 0 Å². The van der Waals surface area contributed by atoms with Gasteiger partial charge in [-0.05, 0) is 43.2 Å². The minimum atomic E-state index is -0.243. The molecule has 0 aliphatic carbocycles. The zero-order valence-corrected chi connectivity index (χ0v) is 12.2. The number of benzene rings is 1. The van der Waals surface area contributed by atoms with Crippen LogP contribution in [0.2, 0.25) is 0 Å². The molecule has 0 bridgehead atoms. The van der Waals surface area contributed by atoms with E-state index in [1.807, 2.05) is 13.8 Å². The predicted molar refractivity (Wildman–Crippen MR) is 84.5 cm³/mol. The molecule has 5 heteroatoms. The summed E-state index contributed by atoms with van der Waals surface area (Å²) in [6.45, 7) is 4.50. The second-order valence-electron chi connectivity index (χ2n) is 5.04. The quantitative estimate of drug-likeness (QED) is 0.847. The number of aromatic nitrogens is 1. The zero-order chi connectivity index (χ0) is 15.4. The van der Waals surface area contributed by atoms with Crippen molar-refractivity contribution in [1.82, 2.24) is 4.57 Å². The van der Waals surface area contributed by atoms with E-state index in [0.29, 0.717) is 23.5 Å². The van der Waals surface area contributed by atoms with E-state index in [2.05, 4.69) is 5.32 Å². The molecule has 3 N–H and O–H groups in total. The van der Waals surface area contributed by atoms with Crippen molar-refractivity contribution in [2.75, 3.05) is 11.1 Å². The lowest BCUT2D eigenvalue weighted by Crippen LogP contribution is -2.20. The van der Waals surface area contributed by atoms with E-state index in [1.54, 1.807) is 35.0 Å². The third-order valence-electron chi connectivity index (χ3n) is 3.07. The fourth-order valence-corrected chi connectivity index (χ4v) is 2.17. The average Bonchev–Trinajstić information content (AvgIpc) is 2.41. The van der Waals surface area contributed by atoms with E-state index in [1.165, 1.54) is 6.07 Å². The molecular weight excluding hydrogens is 266 g/mol. The number of pyridine rings is 1. The van der Waals surface area contributed by atoms with Crippen molar-refractivity contribution in [2.45, 2.75) is 26.8 Å². The van der Waals surface area contributed by atoms with Gasteiger partial charge in [0.2, 0.25) is 0 Å². The summed E-state index contributed by atoms with van der Waals surface area (Å²) in [4.78, 5) is 23.9. The molecule has 0 spiro atoms. The van der Waals surface area contributed by atoms with Gasteiger partial charge in [-0.2, -0.15) is 0 Å². The average molecular weight is 285 g/mol. The van der Waals surface area contributed by atoms with Crippen LogP contribution in [0.1, 0.15) is 29.3 Å². The summed E-state index contributed by atoms with van der Waals surface area (Å²) in [6.07, 6.45) is 2.51. The first-order valence-corrected chi connectivity index (χ1v) is 6.88. The first-order chi connectivity index (χ1) is 9.99. The number of hydrogen-bond acceptors (Lipinski definition) is 3. The van der Waals surface area contributed by atoms with Gasteiger partial charge in [0.05, 0.1) is 5.69 Å². The van der Waals surface area contributed by atoms with Crippen LogP contribution < -0.4 is 16.6 Å². The first-order valence-electron chi connectivity index (χ1n) is 6.88. The van der Waals surface area contributed by atoms with Gasteiger partial charge in [0.1, 0.15) is 0 Å². The number of nitrogen functional groups attached to an aromatic ring is 1. The number of hydrogen-bond donors (Lipinski definition) is 2. The van der Waals surface area contributed by atoms with Crippen LogP contribution >= 0.6 is 0 Å². The van der Waals surface area contributed by atoms with Gasteiger partial charge in [-0.25, -0.2) is 0 Å². The molecule has 1 aromatic heterocycles. The maximum atomic E-state index is 12.2. The molecule has 0 atom stereocenters. The molecule has 0 unspecified atom stereocenters. The third-order valence-corrected chi connectivity index (χ3v) is 3.07. The van der Waals surface area contributed by atoms with Crippen molar-refractivity contribution in [3.8, 4) is 0 Å². The Hall–Kier alpha value is -2.56. The lowest BCUT2D eigenvalue weighted by Gasteiger charge is -2.09. The van der Waals surface area contributed by atoms with Crippen molar-refractivity contribution in [3.63, 3.8) is 0 Å². The molecule has 110 valence electrons. The summed E-state index contributed by atoms with van der Waals surface area (Å²) in [5, 5.41) is 2.78. The van der Waals surface area contributed by atoms with E-state index in [-0.39, 0.29) is 11.5 Å². The minimum Gasteiger partial charge on any atom is -0.399 e. The van der Waals surface area contributed by atoms with Gasteiger partial charge >= 0.3 is 0 Å². The number of nitrogens with two attached hydrogens (primary N) is 1. The molecule has 1 heterocycles. The Morgan fingerprint density at radius 2 is 2.05 bits per heavy atom. The molecule has 2 aromatic rings. The lowest BCUT2D eigenvalue weighted by atomic mass is 10.1. The van der Waals surface area contributed by atoms with Crippen LogP contribution in [0, 0.1) is 6.92 Å². The molecule has 2 rings (SSSR count). The van der Waals surface area contributed by atoms with Crippen LogP contribution in [-0.2, 0) is 6.54 Å². The fraction of sp³-hybridized carbons (Fsp3) is 0.250. The maximum Gasteiger partial charge on any atom is 0.255 e. The summed E-state index contributed by atoms with van der Waals surface area (Å²) < 4.78 is 1.58. The van der Waals surface area contributed by atoms with Crippen LogP contribution in [0.15, 0.2) is 41.3 Å². The second kappa shape index (κ2) is 6.26. The normalized spacial score (nSPS) is 10.4. The van der Waals surface area contributed by atoms with Gasteiger partial charge in [0.15, 0.2) is 0 Å². The van der Waals surface area contributed by atoms with Gasteiger partial charge in [0.25, 0.3) is 11.5 Å². The van der Waals surface area contributed by atoms with Crippen molar-refractivity contribution >= 4 is 17.3 Å². The summed E-state index contributed by atoms with van der Waals surface area (Å²) in [6, 6.07) is 8.26. The second-order valence-corrected chi connectivity index (χ2v) is 5.04. The van der Waals surface area contributed by atoms with Gasteiger partial charge in [-0.3, -0.25) is 9.59 Å². The Bertz CT molecular complexity index is 699. The standard InChI is InChI=1S/C16H19N3O2/c1-3-6-19-10-14(4-5-15(19)20)18-16(21)12-7-11(2)8-13(17)9-12/h4-5,7-10H,3,6,17H2,1-2H3,(H,18,21). The fourth-order valence-electron chi connectivity index (χ4n) is 2.17. The highest BCUT2D eigenvalue weighted by molar-refractivity contribution is 6.04.